The maximum atomic E-state index is 13.6. The first-order valence-corrected chi connectivity index (χ1v) is 6.07. The number of pyridine rings is 1. The molecule has 20 heavy (non-hydrogen) atoms. The van der Waals surface area contributed by atoms with Gasteiger partial charge in [-0.05, 0) is 39.3 Å². The lowest BCUT2D eigenvalue weighted by Gasteiger charge is -2.17. The molecule has 0 saturated heterocycles. The zero-order chi connectivity index (χ0) is 15.3. The molecule has 1 aromatic rings. The fourth-order valence-corrected chi connectivity index (χ4v) is 1.33. The van der Waals surface area contributed by atoms with Gasteiger partial charge in [-0.3, -0.25) is 4.98 Å². The van der Waals surface area contributed by atoms with Crippen molar-refractivity contribution in [2.24, 2.45) is 0 Å². The Kier molecular flexibility index (Phi) is 5.02. The van der Waals surface area contributed by atoms with Gasteiger partial charge in [0.15, 0.2) is 11.6 Å². The van der Waals surface area contributed by atoms with Gasteiger partial charge in [-0.2, -0.15) is 0 Å². The summed E-state index contributed by atoms with van der Waals surface area (Å²) in [4.78, 5) is 15.4. The monoisotopic (exact) mass is 279 g/mol. The molecule has 0 unspecified atom stereocenters. The molecule has 1 heterocycles. The van der Waals surface area contributed by atoms with Gasteiger partial charge in [-0.15, -0.1) is 0 Å². The summed E-state index contributed by atoms with van der Waals surface area (Å²) in [7, 11) is 0. The van der Waals surface area contributed by atoms with Crippen LogP contribution in [0, 0.1) is 5.82 Å². The normalized spacial score (nSPS) is 11.4. The van der Waals surface area contributed by atoms with Crippen LogP contribution in [0.3, 0.4) is 0 Å². The summed E-state index contributed by atoms with van der Waals surface area (Å²) in [6.45, 7) is 10.6. The van der Waals surface area contributed by atoms with Gasteiger partial charge >= 0.3 is 5.97 Å². The highest BCUT2D eigenvalue weighted by Gasteiger charge is 2.15. The van der Waals surface area contributed by atoms with E-state index in [1.54, 1.807) is 27.7 Å². The van der Waals surface area contributed by atoms with E-state index in [-0.39, 0.29) is 5.75 Å². The highest BCUT2D eigenvalue weighted by molar-refractivity contribution is 5.82. The molecule has 1 rings (SSSR count). The summed E-state index contributed by atoms with van der Waals surface area (Å²) in [6, 6.07) is 1.17. The summed E-state index contributed by atoms with van der Waals surface area (Å²) < 4.78 is 23.8. The van der Waals surface area contributed by atoms with Gasteiger partial charge in [0.1, 0.15) is 11.3 Å². The minimum atomic E-state index is -0.593. The predicted molar refractivity (Wildman–Crippen MR) is 74.5 cm³/mol. The van der Waals surface area contributed by atoms with E-state index >= 15 is 0 Å². The van der Waals surface area contributed by atoms with Crippen molar-refractivity contribution in [3.05, 3.63) is 42.7 Å². The number of aromatic nitrogens is 1. The maximum Gasteiger partial charge on any atom is 0.334 e. The van der Waals surface area contributed by atoms with E-state index in [9.17, 15) is 9.18 Å². The second-order valence-corrected chi connectivity index (χ2v) is 5.20. The molecule has 0 atom stereocenters. The van der Waals surface area contributed by atoms with Gasteiger partial charge < -0.3 is 9.47 Å². The van der Waals surface area contributed by atoms with Crippen molar-refractivity contribution in [1.82, 2.24) is 4.98 Å². The lowest BCUT2D eigenvalue weighted by Crippen LogP contribution is -2.22. The van der Waals surface area contributed by atoms with Crippen LogP contribution < -0.4 is 4.74 Å². The molecule has 0 aromatic carbocycles. The molecule has 0 N–H and O–H groups in total. The van der Waals surface area contributed by atoms with Crippen molar-refractivity contribution in [3.8, 4) is 5.75 Å². The Morgan fingerprint density at radius 3 is 2.65 bits per heavy atom. The molecule has 0 amide bonds. The first kappa shape index (κ1) is 15.9. The van der Waals surface area contributed by atoms with Crippen LogP contribution in [0.15, 0.2) is 31.2 Å². The lowest BCUT2D eigenvalue weighted by atomic mass is 10.2. The van der Waals surface area contributed by atoms with E-state index in [0.717, 1.165) is 12.3 Å². The standard InChI is InChI=1S/C15H18FNO3/c1-10(2)13-14(11(16)6-8-17-13)19-9-7-12(18)20-15(3,4)5/h6-9H,1H2,2-5H3/b9-7+. The Labute approximate surface area is 117 Å². The summed E-state index contributed by atoms with van der Waals surface area (Å²) >= 11 is 0. The lowest BCUT2D eigenvalue weighted by molar-refractivity contribution is -0.148. The third kappa shape index (κ3) is 4.84. The van der Waals surface area contributed by atoms with E-state index in [1.807, 2.05) is 0 Å². The minimum absolute atomic E-state index is 0.0696. The van der Waals surface area contributed by atoms with E-state index in [2.05, 4.69) is 11.6 Å². The number of carbonyl (C=O) groups excluding carboxylic acids is 1. The second-order valence-electron chi connectivity index (χ2n) is 5.20. The van der Waals surface area contributed by atoms with Gasteiger partial charge in [0, 0.05) is 6.20 Å². The number of rotatable bonds is 4. The molecular formula is C15H18FNO3. The van der Waals surface area contributed by atoms with Crippen LogP contribution in [0.1, 0.15) is 33.4 Å². The highest BCUT2D eigenvalue weighted by Crippen LogP contribution is 2.25. The van der Waals surface area contributed by atoms with Gasteiger partial charge in [0.05, 0.1) is 12.3 Å². The maximum absolute atomic E-state index is 13.6. The number of ether oxygens (including phenoxy) is 2. The minimum Gasteiger partial charge on any atom is -0.459 e. The molecule has 0 aliphatic rings. The quantitative estimate of drug-likeness (QED) is 0.481. The van der Waals surface area contributed by atoms with Crippen molar-refractivity contribution in [2.75, 3.05) is 0 Å². The van der Waals surface area contributed by atoms with Crippen molar-refractivity contribution >= 4 is 11.5 Å². The molecule has 0 aliphatic carbocycles. The van der Waals surface area contributed by atoms with Crippen molar-refractivity contribution in [2.45, 2.75) is 33.3 Å². The number of carbonyl (C=O) groups is 1. The van der Waals surface area contributed by atoms with Gasteiger partial charge in [0.25, 0.3) is 0 Å². The third-order valence-corrected chi connectivity index (χ3v) is 2.06. The largest absolute Gasteiger partial charge is 0.459 e. The molecular weight excluding hydrogens is 261 g/mol. The summed E-state index contributed by atoms with van der Waals surface area (Å²) in [5.74, 6) is -1.22. The molecule has 0 fully saturated rings. The Hall–Kier alpha value is -2.17. The molecule has 0 bridgehead atoms. The first-order valence-electron chi connectivity index (χ1n) is 6.07. The average molecular weight is 279 g/mol. The molecule has 0 saturated carbocycles. The number of esters is 1. The van der Waals surface area contributed by atoms with Gasteiger partial charge in [0.2, 0.25) is 0 Å². The van der Waals surface area contributed by atoms with Crippen LogP contribution in [0.25, 0.3) is 5.57 Å². The summed E-state index contributed by atoms with van der Waals surface area (Å²) in [5, 5.41) is 0. The molecule has 5 heteroatoms. The Morgan fingerprint density at radius 1 is 1.45 bits per heavy atom. The van der Waals surface area contributed by atoms with E-state index in [0.29, 0.717) is 11.3 Å². The predicted octanol–water partition coefficient (Wildman–Crippen LogP) is 3.49. The molecule has 0 radical (unpaired) electrons. The van der Waals surface area contributed by atoms with Crippen LogP contribution in [0.4, 0.5) is 4.39 Å². The highest BCUT2D eigenvalue weighted by atomic mass is 19.1. The average Bonchev–Trinajstić information content (AvgIpc) is 2.28. The van der Waals surface area contributed by atoms with E-state index in [4.69, 9.17) is 9.47 Å². The zero-order valence-corrected chi connectivity index (χ0v) is 12.1. The number of nitrogens with zero attached hydrogens (tertiary/aromatic N) is 1. The Bertz CT molecular complexity index is 545. The van der Waals surface area contributed by atoms with Crippen LogP contribution in [-0.4, -0.2) is 16.6 Å². The molecule has 1 aromatic heterocycles. The topological polar surface area (TPSA) is 48.4 Å². The Balaban J connectivity index is 2.80. The Morgan fingerprint density at radius 2 is 2.10 bits per heavy atom. The number of hydrogen-bond acceptors (Lipinski definition) is 4. The fraction of sp³-hybridized carbons (Fsp3) is 0.333. The van der Waals surface area contributed by atoms with E-state index < -0.39 is 17.4 Å². The van der Waals surface area contributed by atoms with E-state index in [1.165, 1.54) is 12.3 Å². The first-order chi connectivity index (χ1) is 9.20. The van der Waals surface area contributed by atoms with Crippen LogP contribution in [0.2, 0.25) is 0 Å². The SMILES string of the molecule is C=C(C)c1nccc(F)c1O/C=C/C(=O)OC(C)(C)C. The summed E-state index contributed by atoms with van der Waals surface area (Å²) in [6.07, 6.45) is 3.48. The third-order valence-electron chi connectivity index (χ3n) is 2.06. The van der Waals surface area contributed by atoms with Crippen molar-refractivity contribution in [3.63, 3.8) is 0 Å². The molecule has 0 spiro atoms. The number of allylic oxidation sites excluding steroid dienone is 1. The van der Waals surface area contributed by atoms with Gasteiger partial charge in [-0.1, -0.05) is 6.58 Å². The summed E-state index contributed by atoms with van der Waals surface area (Å²) in [5.41, 5.74) is 0.271. The van der Waals surface area contributed by atoms with Crippen molar-refractivity contribution in [1.29, 1.82) is 0 Å². The second kappa shape index (κ2) is 6.32. The zero-order valence-electron chi connectivity index (χ0n) is 12.1. The van der Waals surface area contributed by atoms with Crippen LogP contribution in [0.5, 0.6) is 5.75 Å². The molecule has 0 aliphatic heterocycles. The van der Waals surface area contributed by atoms with Crippen LogP contribution in [-0.2, 0) is 9.53 Å². The van der Waals surface area contributed by atoms with Crippen LogP contribution >= 0.6 is 0 Å². The smallest absolute Gasteiger partial charge is 0.334 e. The van der Waals surface area contributed by atoms with Gasteiger partial charge in [-0.25, -0.2) is 9.18 Å². The molecule has 4 nitrogen and oxygen atoms in total. The fourth-order valence-electron chi connectivity index (χ4n) is 1.33. The molecule has 108 valence electrons. The number of halogens is 1. The number of hydrogen-bond donors (Lipinski definition) is 0. The van der Waals surface area contributed by atoms with Crippen molar-refractivity contribution < 1.29 is 18.7 Å².